The van der Waals surface area contributed by atoms with E-state index in [0.29, 0.717) is 11.6 Å². The molecule has 0 bridgehead atoms. The van der Waals surface area contributed by atoms with E-state index in [0.717, 1.165) is 18.2 Å². The van der Waals surface area contributed by atoms with Crippen molar-refractivity contribution in [2.45, 2.75) is 12.8 Å². The monoisotopic (exact) mass is 307 g/mol. The number of hydrogen-bond acceptors (Lipinski definition) is 3. The number of nitro benzene ring substituents is 1. The second-order valence-corrected chi connectivity index (χ2v) is 4.34. The minimum Gasteiger partial charge on any atom is -0.487 e. The molecule has 0 aliphatic rings. The van der Waals surface area contributed by atoms with E-state index >= 15 is 0 Å². The second-order valence-electron chi connectivity index (χ2n) is 3.11. The first-order valence-corrected chi connectivity index (χ1v) is 6.28. The van der Waals surface area contributed by atoms with Crippen LogP contribution in [0.1, 0.15) is 12.8 Å². The largest absolute Gasteiger partial charge is 0.487 e. The average Bonchev–Trinajstić information content (AvgIpc) is 2.24. The Morgan fingerprint density at radius 2 is 2.19 bits per heavy atom. The fourth-order valence-electron chi connectivity index (χ4n) is 1.13. The molecule has 0 radical (unpaired) electrons. The van der Waals surface area contributed by atoms with Crippen LogP contribution in [0.5, 0.6) is 5.75 Å². The van der Waals surface area contributed by atoms with Gasteiger partial charge in [-0.25, -0.2) is 0 Å². The number of halogens is 2. The first-order chi connectivity index (χ1) is 7.65. The lowest BCUT2D eigenvalue weighted by Gasteiger charge is -2.06. The zero-order chi connectivity index (χ0) is 12.0. The number of benzene rings is 1. The molecule has 1 aromatic carbocycles. The van der Waals surface area contributed by atoms with E-state index in [4.69, 9.17) is 16.3 Å². The van der Waals surface area contributed by atoms with Crippen molar-refractivity contribution in [1.29, 1.82) is 0 Å². The molecular formula is C10H11BrClNO3. The van der Waals surface area contributed by atoms with Crippen LogP contribution in [0, 0.1) is 10.1 Å². The van der Waals surface area contributed by atoms with Gasteiger partial charge in [-0.2, -0.15) is 0 Å². The van der Waals surface area contributed by atoms with Crippen molar-refractivity contribution in [3.05, 3.63) is 33.3 Å². The van der Waals surface area contributed by atoms with E-state index in [1.54, 1.807) is 0 Å². The molecule has 88 valence electrons. The van der Waals surface area contributed by atoms with Gasteiger partial charge in [-0.15, -0.1) is 0 Å². The third-order valence-electron chi connectivity index (χ3n) is 1.90. The van der Waals surface area contributed by atoms with Gasteiger partial charge in [-0.05, 0) is 18.9 Å². The van der Waals surface area contributed by atoms with Crippen LogP contribution >= 0.6 is 27.5 Å². The van der Waals surface area contributed by atoms with Gasteiger partial charge in [0.1, 0.15) is 0 Å². The molecular weight excluding hydrogens is 297 g/mol. The SMILES string of the molecule is O=[N+]([O-])c1ccc(Cl)cc1OCCCCBr. The van der Waals surface area contributed by atoms with E-state index in [9.17, 15) is 10.1 Å². The molecule has 0 fully saturated rings. The Balaban J connectivity index is 2.68. The average molecular weight is 309 g/mol. The fourth-order valence-corrected chi connectivity index (χ4v) is 1.69. The molecule has 16 heavy (non-hydrogen) atoms. The van der Waals surface area contributed by atoms with Gasteiger partial charge >= 0.3 is 5.69 Å². The molecule has 0 saturated carbocycles. The molecule has 1 rings (SSSR count). The highest BCUT2D eigenvalue weighted by molar-refractivity contribution is 9.09. The van der Waals surface area contributed by atoms with Crippen LogP contribution in [0.3, 0.4) is 0 Å². The Kier molecular flexibility index (Phi) is 5.55. The zero-order valence-corrected chi connectivity index (χ0v) is 10.8. The summed E-state index contributed by atoms with van der Waals surface area (Å²) in [6, 6.07) is 4.29. The summed E-state index contributed by atoms with van der Waals surface area (Å²) in [7, 11) is 0. The molecule has 0 N–H and O–H groups in total. The molecule has 1 aromatic rings. The Labute approximate surface area is 107 Å². The van der Waals surface area contributed by atoms with Gasteiger partial charge in [0.25, 0.3) is 0 Å². The minimum absolute atomic E-state index is 0.0526. The van der Waals surface area contributed by atoms with E-state index in [1.165, 1.54) is 18.2 Å². The normalized spacial score (nSPS) is 10.1. The molecule has 0 atom stereocenters. The van der Waals surface area contributed by atoms with Crippen LogP contribution in [0.2, 0.25) is 5.02 Å². The van der Waals surface area contributed by atoms with Crippen LogP contribution in [-0.4, -0.2) is 16.9 Å². The lowest BCUT2D eigenvalue weighted by molar-refractivity contribution is -0.385. The van der Waals surface area contributed by atoms with E-state index in [1.807, 2.05) is 0 Å². The van der Waals surface area contributed by atoms with Crippen molar-refractivity contribution in [3.8, 4) is 5.75 Å². The maximum absolute atomic E-state index is 10.7. The highest BCUT2D eigenvalue weighted by Gasteiger charge is 2.14. The van der Waals surface area contributed by atoms with E-state index in [2.05, 4.69) is 15.9 Å². The highest BCUT2D eigenvalue weighted by atomic mass is 79.9. The molecule has 0 unspecified atom stereocenters. The van der Waals surface area contributed by atoms with Crippen molar-refractivity contribution >= 4 is 33.2 Å². The van der Waals surface area contributed by atoms with Gasteiger partial charge in [0.15, 0.2) is 5.75 Å². The third-order valence-corrected chi connectivity index (χ3v) is 2.70. The van der Waals surface area contributed by atoms with Crippen molar-refractivity contribution in [2.24, 2.45) is 0 Å². The molecule has 0 heterocycles. The lowest BCUT2D eigenvalue weighted by atomic mass is 10.3. The molecule has 4 nitrogen and oxygen atoms in total. The summed E-state index contributed by atoms with van der Waals surface area (Å²) in [4.78, 5) is 10.2. The van der Waals surface area contributed by atoms with Crippen LogP contribution < -0.4 is 4.74 Å². The van der Waals surface area contributed by atoms with Gasteiger partial charge < -0.3 is 4.74 Å². The van der Waals surface area contributed by atoms with Crippen LogP contribution in [-0.2, 0) is 0 Å². The summed E-state index contributed by atoms with van der Waals surface area (Å²) in [5.41, 5.74) is -0.0526. The van der Waals surface area contributed by atoms with Crippen LogP contribution in [0.4, 0.5) is 5.69 Å². The summed E-state index contributed by atoms with van der Waals surface area (Å²) >= 11 is 9.05. The molecule has 6 heteroatoms. The number of nitro groups is 1. The zero-order valence-electron chi connectivity index (χ0n) is 8.49. The van der Waals surface area contributed by atoms with E-state index in [-0.39, 0.29) is 11.4 Å². The van der Waals surface area contributed by atoms with Crippen molar-refractivity contribution in [3.63, 3.8) is 0 Å². The molecule has 0 aliphatic heterocycles. The highest BCUT2D eigenvalue weighted by Crippen LogP contribution is 2.29. The Hall–Kier alpha value is -0.810. The molecule has 0 saturated heterocycles. The summed E-state index contributed by atoms with van der Waals surface area (Å²) in [5, 5.41) is 12.0. The maximum Gasteiger partial charge on any atom is 0.311 e. The smallest absolute Gasteiger partial charge is 0.311 e. The Bertz CT molecular complexity index is 373. The number of ether oxygens (including phenoxy) is 1. The topological polar surface area (TPSA) is 52.4 Å². The minimum atomic E-state index is -0.476. The lowest BCUT2D eigenvalue weighted by Crippen LogP contribution is -2.00. The van der Waals surface area contributed by atoms with Gasteiger partial charge in [0.2, 0.25) is 0 Å². The fraction of sp³-hybridized carbons (Fsp3) is 0.400. The number of alkyl halides is 1. The van der Waals surface area contributed by atoms with Crippen molar-refractivity contribution < 1.29 is 9.66 Å². The standard InChI is InChI=1S/C10H11BrClNO3/c11-5-1-2-6-16-10-7-8(12)3-4-9(10)13(14)15/h3-4,7H,1-2,5-6H2. The number of nitrogens with zero attached hydrogens (tertiary/aromatic N) is 1. The molecule has 0 aliphatic carbocycles. The Morgan fingerprint density at radius 3 is 2.81 bits per heavy atom. The first-order valence-electron chi connectivity index (χ1n) is 4.78. The Morgan fingerprint density at radius 1 is 1.44 bits per heavy atom. The summed E-state index contributed by atoms with van der Waals surface area (Å²) in [5.74, 6) is 0.229. The van der Waals surface area contributed by atoms with Crippen LogP contribution in [0.15, 0.2) is 18.2 Å². The third kappa shape index (κ3) is 3.98. The summed E-state index contributed by atoms with van der Waals surface area (Å²) < 4.78 is 5.33. The predicted molar refractivity (Wildman–Crippen MR) is 66.6 cm³/mol. The quantitative estimate of drug-likeness (QED) is 0.347. The second kappa shape index (κ2) is 6.70. The van der Waals surface area contributed by atoms with Gasteiger partial charge in [-0.3, -0.25) is 10.1 Å². The van der Waals surface area contributed by atoms with Crippen molar-refractivity contribution in [1.82, 2.24) is 0 Å². The van der Waals surface area contributed by atoms with Crippen molar-refractivity contribution in [2.75, 3.05) is 11.9 Å². The summed E-state index contributed by atoms with van der Waals surface area (Å²) in [6.07, 6.45) is 1.81. The first kappa shape index (κ1) is 13.3. The number of unbranched alkanes of at least 4 members (excludes halogenated alkanes) is 1. The number of hydrogen-bond donors (Lipinski definition) is 0. The molecule has 0 amide bonds. The summed E-state index contributed by atoms with van der Waals surface area (Å²) in [6.45, 7) is 0.451. The van der Waals surface area contributed by atoms with E-state index < -0.39 is 4.92 Å². The molecule has 0 spiro atoms. The maximum atomic E-state index is 10.7. The van der Waals surface area contributed by atoms with Gasteiger partial charge in [0, 0.05) is 22.5 Å². The van der Waals surface area contributed by atoms with Gasteiger partial charge in [-0.1, -0.05) is 27.5 Å². The van der Waals surface area contributed by atoms with Gasteiger partial charge in [0.05, 0.1) is 11.5 Å². The van der Waals surface area contributed by atoms with Crippen LogP contribution in [0.25, 0.3) is 0 Å². The molecule has 0 aromatic heterocycles. The predicted octanol–water partition coefficient (Wildman–Crippen LogP) is 3.80. The number of rotatable bonds is 6.